The van der Waals surface area contributed by atoms with Crippen molar-refractivity contribution in [1.82, 2.24) is 19.8 Å². The molecule has 1 spiro atoms. The van der Waals surface area contributed by atoms with Gasteiger partial charge in [-0.25, -0.2) is 14.2 Å². The average Bonchev–Trinajstić information content (AvgIpc) is 3.53. The molecule has 3 aromatic rings. The van der Waals surface area contributed by atoms with Crippen LogP contribution in [0.5, 0.6) is 0 Å². The number of amides is 2. The van der Waals surface area contributed by atoms with Crippen LogP contribution in [-0.2, 0) is 13.0 Å². The summed E-state index contributed by atoms with van der Waals surface area (Å²) in [7, 11) is 0. The van der Waals surface area contributed by atoms with Gasteiger partial charge in [-0.05, 0) is 61.6 Å². The van der Waals surface area contributed by atoms with Gasteiger partial charge in [0, 0.05) is 55.9 Å². The number of amidine groups is 1. The van der Waals surface area contributed by atoms with Gasteiger partial charge in [0.1, 0.15) is 23.0 Å². The van der Waals surface area contributed by atoms with E-state index in [1.54, 1.807) is 11.0 Å². The van der Waals surface area contributed by atoms with Crippen LogP contribution < -0.4 is 10.2 Å². The largest absolute Gasteiger partial charge is 0.369 e. The van der Waals surface area contributed by atoms with Gasteiger partial charge >= 0.3 is 6.03 Å². The molecule has 3 heterocycles. The van der Waals surface area contributed by atoms with Crippen LogP contribution in [0, 0.1) is 5.82 Å². The standard InChI is InChI=1S/C31H37FN6O/c1-2-28-33-16-19-37(28)26-12-6-8-23(20-26)22-36-17-14-31(15-18-36)29(34-25-10-4-3-5-11-25)35-30(39)38(31)27-13-7-9-24(32)21-27/h6-9,12-13,16,19-21,25H,2-5,10-11,14-15,17-18,22H2,1H3,(H,34,35,39). The second-order valence-corrected chi connectivity index (χ2v) is 11.1. The lowest BCUT2D eigenvalue weighted by atomic mass is 9.83. The Hall–Kier alpha value is -3.52. The van der Waals surface area contributed by atoms with Gasteiger partial charge < -0.3 is 9.88 Å². The van der Waals surface area contributed by atoms with E-state index in [0.29, 0.717) is 11.7 Å². The van der Waals surface area contributed by atoms with E-state index in [1.807, 2.05) is 18.5 Å². The van der Waals surface area contributed by atoms with Gasteiger partial charge in [0.15, 0.2) is 0 Å². The first-order chi connectivity index (χ1) is 19.1. The highest BCUT2D eigenvalue weighted by molar-refractivity contribution is 6.16. The molecule has 2 aliphatic heterocycles. The fourth-order valence-electron chi connectivity index (χ4n) is 6.55. The number of benzene rings is 2. The number of aryl methyl sites for hydroxylation is 1. The summed E-state index contributed by atoms with van der Waals surface area (Å²) in [6, 6.07) is 15.0. The molecule has 0 bridgehead atoms. The Labute approximate surface area is 229 Å². The predicted octanol–water partition coefficient (Wildman–Crippen LogP) is 5.87. The summed E-state index contributed by atoms with van der Waals surface area (Å²) < 4.78 is 16.4. The molecule has 2 aromatic carbocycles. The number of anilines is 1. The number of rotatable bonds is 6. The fourth-order valence-corrected chi connectivity index (χ4v) is 6.55. The zero-order chi connectivity index (χ0) is 26.8. The Morgan fingerprint density at radius 1 is 1.03 bits per heavy atom. The summed E-state index contributed by atoms with van der Waals surface area (Å²) in [5, 5.41) is 3.69. The molecule has 1 aliphatic carbocycles. The van der Waals surface area contributed by atoms with Crippen molar-refractivity contribution in [3.8, 4) is 5.69 Å². The number of hydrogen-bond donors (Lipinski definition) is 1. The molecule has 1 saturated carbocycles. The van der Waals surface area contributed by atoms with E-state index < -0.39 is 5.54 Å². The van der Waals surface area contributed by atoms with Crippen LogP contribution in [0.1, 0.15) is 63.3 Å². The molecule has 7 nitrogen and oxygen atoms in total. The van der Waals surface area contributed by atoms with E-state index in [2.05, 4.69) is 55.9 Å². The summed E-state index contributed by atoms with van der Waals surface area (Å²) in [5.74, 6) is 1.48. The highest BCUT2D eigenvalue weighted by Gasteiger charge is 2.52. The molecule has 0 unspecified atom stereocenters. The molecule has 2 amide bonds. The van der Waals surface area contributed by atoms with Crippen LogP contribution in [0.3, 0.4) is 0 Å². The van der Waals surface area contributed by atoms with Crippen LogP contribution in [0.2, 0.25) is 0 Å². The monoisotopic (exact) mass is 528 g/mol. The number of imidazole rings is 1. The van der Waals surface area contributed by atoms with Crippen molar-refractivity contribution < 1.29 is 9.18 Å². The Kier molecular flexibility index (Phi) is 7.21. The molecule has 8 heteroatoms. The van der Waals surface area contributed by atoms with Gasteiger partial charge in [-0.2, -0.15) is 4.99 Å². The molecule has 6 rings (SSSR count). The summed E-state index contributed by atoms with van der Waals surface area (Å²) >= 11 is 0. The lowest BCUT2D eigenvalue weighted by molar-refractivity contribution is 0.181. The second kappa shape index (κ2) is 10.9. The second-order valence-electron chi connectivity index (χ2n) is 11.1. The van der Waals surface area contributed by atoms with Crippen molar-refractivity contribution in [2.24, 2.45) is 4.99 Å². The lowest BCUT2D eigenvalue weighted by Gasteiger charge is -2.45. The average molecular weight is 529 g/mol. The van der Waals surface area contributed by atoms with Gasteiger partial charge in [-0.15, -0.1) is 0 Å². The summed E-state index contributed by atoms with van der Waals surface area (Å²) in [6.45, 7) is 4.59. The molecule has 204 valence electrons. The highest BCUT2D eigenvalue weighted by Crippen LogP contribution is 2.39. The number of urea groups is 1. The molecule has 0 atom stereocenters. The molecule has 1 aromatic heterocycles. The Bertz CT molecular complexity index is 1350. The van der Waals surface area contributed by atoms with Crippen molar-refractivity contribution in [3.05, 3.63) is 78.1 Å². The third-order valence-electron chi connectivity index (χ3n) is 8.59. The minimum Gasteiger partial charge on any atom is -0.369 e. The number of piperidine rings is 1. The van der Waals surface area contributed by atoms with Crippen molar-refractivity contribution in [1.29, 1.82) is 0 Å². The molecule has 39 heavy (non-hydrogen) atoms. The maximum absolute atomic E-state index is 14.3. The zero-order valence-corrected chi connectivity index (χ0v) is 22.7. The Morgan fingerprint density at radius 2 is 1.79 bits per heavy atom. The van der Waals surface area contributed by atoms with E-state index in [1.165, 1.54) is 37.0 Å². The van der Waals surface area contributed by atoms with Crippen LogP contribution in [0.15, 0.2) is 65.9 Å². The number of aliphatic imine (C=N–C) groups is 1. The molecular weight excluding hydrogens is 491 g/mol. The number of carbonyl (C=O) groups is 1. The van der Waals surface area contributed by atoms with Crippen molar-refractivity contribution in [2.75, 3.05) is 18.0 Å². The summed E-state index contributed by atoms with van der Waals surface area (Å²) in [6.07, 6.45) is 12.1. The first-order valence-corrected chi connectivity index (χ1v) is 14.3. The first-order valence-electron chi connectivity index (χ1n) is 14.3. The van der Waals surface area contributed by atoms with E-state index in [9.17, 15) is 9.18 Å². The SMILES string of the molecule is CCc1nccn1-c1cccc(CN2CCC3(CC2)C(NC2CCCCC2)=NC(=O)N3c2cccc(F)c2)c1. The topological polar surface area (TPSA) is 65.8 Å². The minimum absolute atomic E-state index is 0.299. The van der Waals surface area contributed by atoms with Crippen molar-refractivity contribution in [3.63, 3.8) is 0 Å². The normalized spacial score (nSPS) is 20.0. The molecule has 1 N–H and O–H groups in total. The number of carbonyl (C=O) groups excluding carboxylic acids is 1. The third-order valence-corrected chi connectivity index (χ3v) is 8.59. The zero-order valence-electron chi connectivity index (χ0n) is 22.7. The third kappa shape index (κ3) is 5.10. The summed E-state index contributed by atoms with van der Waals surface area (Å²) in [5.41, 5.74) is 2.38. The van der Waals surface area contributed by atoms with E-state index >= 15 is 0 Å². The molecule has 1 saturated heterocycles. The van der Waals surface area contributed by atoms with Crippen LogP contribution >= 0.6 is 0 Å². The molecular formula is C31H37FN6O. The highest BCUT2D eigenvalue weighted by atomic mass is 19.1. The van der Waals surface area contributed by atoms with Crippen molar-refractivity contribution >= 4 is 17.6 Å². The predicted molar refractivity (Wildman–Crippen MR) is 152 cm³/mol. The van der Waals surface area contributed by atoms with E-state index in [-0.39, 0.29) is 11.8 Å². The number of hydrogen-bond acceptors (Lipinski definition) is 4. The maximum atomic E-state index is 14.3. The molecule has 3 aliphatic rings. The van der Waals surface area contributed by atoms with Crippen LogP contribution in [0.25, 0.3) is 5.69 Å². The van der Waals surface area contributed by atoms with Gasteiger partial charge in [0.2, 0.25) is 0 Å². The fraction of sp³-hybridized carbons (Fsp3) is 0.452. The number of halogens is 1. The van der Waals surface area contributed by atoms with E-state index in [0.717, 1.165) is 69.1 Å². The van der Waals surface area contributed by atoms with Gasteiger partial charge in [-0.3, -0.25) is 9.80 Å². The molecule has 2 fully saturated rings. The number of nitrogens with one attached hydrogen (secondary N) is 1. The Morgan fingerprint density at radius 3 is 2.56 bits per heavy atom. The Balaban J connectivity index is 1.22. The summed E-state index contributed by atoms with van der Waals surface area (Å²) in [4.78, 5) is 26.6. The smallest absolute Gasteiger partial charge is 0.350 e. The van der Waals surface area contributed by atoms with Gasteiger partial charge in [0.05, 0.1) is 0 Å². The van der Waals surface area contributed by atoms with Gasteiger partial charge in [0.25, 0.3) is 0 Å². The van der Waals surface area contributed by atoms with Gasteiger partial charge in [-0.1, -0.05) is 44.4 Å². The lowest BCUT2D eigenvalue weighted by Crippen LogP contribution is -2.62. The minimum atomic E-state index is -0.576. The molecule has 0 radical (unpaired) electrons. The van der Waals surface area contributed by atoms with Crippen molar-refractivity contribution in [2.45, 2.75) is 76.4 Å². The van der Waals surface area contributed by atoms with E-state index in [4.69, 9.17) is 0 Å². The maximum Gasteiger partial charge on any atom is 0.350 e. The number of likely N-dealkylation sites (tertiary alicyclic amines) is 1. The van der Waals surface area contributed by atoms with Crippen LogP contribution in [0.4, 0.5) is 14.9 Å². The quantitative estimate of drug-likeness (QED) is 0.435. The number of aromatic nitrogens is 2. The van der Waals surface area contributed by atoms with Crippen LogP contribution in [-0.4, -0.2) is 51.0 Å². The number of nitrogens with zero attached hydrogens (tertiary/aromatic N) is 5. The first kappa shape index (κ1) is 25.7.